The van der Waals surface area contributed by atoms with E-state index in [-0.39, 0.29) is 4.91 Å². The van der Waals surface area contributed by atoms with Crippen LogP contribution in [0.4, 0.5) is 0 Å². The molecule has 2 aromatic carbocycles. The van der Waals surface area contributed by atoms with Crippen molar-refractivity contribution in [2.24, 2.45) is 0 Å². The predicted molar refractivity (Wildman–Crippen MR) is 114 cm³/mol. The zero-order valence-electron chi connectivity index (χ0n) is 15.4. The summed E-state index contributed by atoms with van der Waals surface area (Å²) in [6, 6.07) is 12.4. The highest BCUT2D eigenvalue weighted by Gasteiger charge is 2.13. The molecule has 3 aromatic rings. The minimum Gasteiger partial charge on any atom is -0.489 e. The van der Waals surface area contributed by atoms with Gasteiger partial charge in [0.05, 0.1) is 10.0 Å². The van der Waals surface area contributed by atoms with Crippen molar-refractivity contribution in [3.8, 4) is 5.75 Å². The molecule has 1 heterocycles. The first-order chi connectivity index (χ1) is 13.9. The van der Waals surface area contributed by atoms with Crippen LogP contribution in [0.15, 0.2) is 52.5 Å². The summed E-state index contributed by atoms with van der Waals surface area (Å²) in [5.74, 6) is 0.317. The van der Waals surface area contributed by atoms with Crippen LogP contribution in [-0.2, 0) is 17.8 Å². The van der Waals surface area contributed by atoms with Crippen LogP contribution in [0.25, 0.3) is 6.08 Å². The van der Waals surface area contributed by atoms with Crippen molar-refractivity contribution in [2.45, 2.75) is 25.1 Å². The number of thioether (sulfide) groups is 1. The Balaban J connectivity index is 1.66. The van der Waals surface area contributed by atoms with Gasteiger partial charge in [0.1, 0.15) is 23.1 Å². The molecule has 0 atom stereocenters. The van der Waals surface area contributed by atoms with Gasteiger partial charge in [0.15, 0.2) is 0 Å². The normalized spacial score (nSPS) is 11.5. The molecule has 29 heavy (non-hydrogen) atoms. The van der Waals surface area contributed by atoms with Crippen molar-refractivity contribution >= 4 is 47.0 Å². The fourth-order valence-electron chi connectivity index (χ4n) is 2.32. The molecule has 0 spiro atoms. The summed E-state index contributed by atoms with van der Waals surface area (Å²) in [4.78, 5) is 15.9. The first-order valence-electron chi connectivity index (χ1n) is 8.65. The van der Waals surface area contributed by atoms with Crippen LogP contribution in [0.5, 0.6) is 5.75 Å². The number of carbonyl (C=O) groups is 1. The third-order valence-corrected chi connectivity index (χ3v) is 5.44. The Bertz CT molecular complexity index is 1040. The van der Waals surface area contributed by atoms with Crippen molar-refractivity contribution in [1.29, 1.82) is 0 Å². The Morgan fingerprint density at radius 1 is 1.21 bits per heavy atom. The third-order valence-electron chi connectivity index (χ3n) is 3.83. The van der Waals surface area contributed by atoms with E-state index >= 15 is 0 Å². The molecule has 3 rings (SSSR count). The lowest BCUT2D eigenvalue weighted by Gasteiger charge is -2.08. The average molecular weight is 450 g/mol. The van der Waals surface area contributed by atoms with Gasteiger partial charge in [0.2, 0.25) is 5.16 Å². The standard InChI is InChI=1S/C20H17Cl2N3O3S/c1-2-18-23-20(25-24-18)29-17(19(26)27)10-12-3-6-14(7-4-12)28-11-13-5-8-15(21)16(22)9-13/h3-10H,2,11H2,1H3,(H,26,27)(H,23,24,25)/b17-10-. The molecule has 0 saturated heterocycles. The van der Waals surface area contributed by atoms with Crippen LogP contribution in [0.2, 0.25) is 10.0 Å². The van der Waals surface area contributed by atoms with Crippen molar-refractivity contribution < 1.29 is 14.6 Å². The molecule has 0 saturated carbocycles. The van der Waals surface area contributed by atoms with Gasteiger partial charge in [-0.05, 0) is 53.2 Å². The van der Waals surface area contributed by atoms with E-state index in [2.05, 4.69) is 15.2 Å². The lowest BCUT2D eigenvalue weighted by atomic mass is 10.2. The van der Waals surface area contributed by atoms with Crippen molar-refractivity contribution in [3.05, 3.63) is 74.4 Å². The van der Waals surface area contributed by atoms with Crippen LogP contribution < -0.4 is 4.74 Å². The number of aromatic nitrogens is 3. The van der Waals surface area contributed by atoms with Gasteiger partial charge in [-0.2, -0.15) is 0 Å². The second kappa shape index (κ2) is 9.82. The van der Waals surface area contributed by atoms with Gasteiger partial charge in [-0.1, -0.05) is 48.3 Å². The van der Waals surface area contributed by atoms with E-state index in [1.807, 2.05) is 13.0 Å². The minimum atomic E-state index is -1.04. The number of rotatable bonds is 8. The number of hydrogen-bond donors (Lipinski definition) is 2. The van der Waals surface area contributed by atoms with Crippen LogP contribution in [0.1, 0.15) is 23.9 Å². The maximum absolute atomic E-state index is 11.6. The Hall–Kier alpha value is -2.48. The van der Waals surface area contributed by atoms with Gasteiger partial charge >= 0.3 is 5.97 Å². The van der Waals surface area contributed by atoms with E-state index in [1.165, 1.54) is 0 Å². The molecule has 0 aliphatic rings. The number of carboxylic acids is 1. The quantitative estimate of drug-likeness (QED) is 0.350. The Labute approximate surface area is 181 Å². The monoisotopic (exact) mass is 449 g/mol. The molecule has 0 fully saturated rings. The summed E-state index contributed by atoms with van der Waals surface area (Å²) in [5.41, 5.74) is 1.62. The average Bonchev–Trinajstić information content (AvgIpc) is 3.17. The molecule has 0 radical (unpaired) electrons. The number of nitrogens with one attached hydrogen (secondary N) is 1. The van der Waals surface area contributed by atoms with E-state index in [9.17, 15) is 9.90 Å². The maximum Gasteiger partial charge on any atom is 0.342 e. The summed E-state index contributed by atoms with van der Waals surface area (Å²) < 4.78 is 5.74. The van der Waals surface area contributed by atoms with Crippen LogP contribution in [-0.4, -0.2) is 26.3 Å². The number of ether oxygens (including phenoxy) is 1. The summed E-state index contributed by atoms with van der Waals surface area (Å²) in [7, 11) is 0. The highest BCUT2D eigenvalue weighted by molar-refractivity contribution is 8.04. The molecule has 1 aromatic heterocycles. The highest BCUT2D eigenvalue weighted by Crippen LogP contribution is 2.27. The first kappa shape index (κ1) is 21.2. The minimum absolute atomic E-state index is 0.121. The Morgan fingerprint density at radius 2 is 1.97 bits per heavy atom. The fraction of sp³-hybridized carbons (Fsp3) is 0.150. The highest BCUT2D eigenvalue weighted by atomic mass is 35.5. The van der Waals surface area contributed by atoms with Crippen LogP contribution >= 0.6 is 35.0 Å². The summed E-state index contributed by atoms with van der Waals surface area (Å²) >= 11 is 12.9. The van der Waals surface area contributed by atoms with Crippen LogP contribution in [0, 0.1) is 0 Å². The second-order valence-electron chi connectivity index (χ2n) is 5.94. The Kier molecular flexibility index (Phi) is 7.19. The molecule has 0 unspecified atom stereocenters. The third kappa shape index (κ3) is 6.00. The lowest BCUT2D eigenvalue weighted by Crippen LogP contribution is -1.98. The van der Waals surface area contributed by atoms with Crippen molar-refractivity contribution in [2.75, 3.05) is 0 Å². The first-order valence-corrected chi connectivity index (χ1v) is 10.2. The van der Waals surface area contributed by atoms with Gasteiger partial charge in [-0.25, -0.2) is 9.78 Å². The van der Waals surface area contributed by atoms with E-state index in [4.69, 9.17) is 27.9 Å². The number of H-pyrrole nitrogens is 1. The number of benzene rings is 2. The van der Waals surface area contributed by atoms with Gasteiger partial charge < -0.3 is 9.84 Å². The molecular weight excluding hydrogens is 433 g/mol. The molecule has 2 N–H and O–H groups in total. The molecule has 0 aliphatic heterocycles. The summed E-state index contributed by atoms with van der Waals surface area (Å²) in [6.45, 7) is 2.28. The van der Waals surface area contributed by atoms with Crippen molar-refractivity contribution in [3.63, 3.8) is 0 Å². The van der Waals surface area contributed by atoms with E-state index in [1.54, 1.807) is 42.5 Å². The predicted octanol–water partition coefficient (Wildman–Crippen LogP) is 5.47. The lowest BCUT2D eigenvalue weighted by molar-refractivity contribution is -0.131. The number of nitrogens with zero attached hydrogens (tertiary/aromatic N) is 2. The molecular formula is C20H17Cl2N3O3S. The van der Waals surface area contributed by atoms with Crippen LogP contribution in [0.3, 0.4) is 0 Å². The molecule has 9 heteroatoms. The second-order valence-corrected chi connectivity index (χ2v) is 7.76. The SMILES string of the molecule is CCc1nc(S/C(=C\c2ccc(OCc3ccc(Cl)c(Cl)c3)cc2)C(=O)O)n[nH]1. The number of hydrogen-bond acceptors (Lipinski definition) is 5. The molecule has 0 bridgehead atoms. The zero-order valence-corrected chi connectivity index (χ0v) is 17.7. The number of aliphatic carboxylic acids is 1. The largest absolute Gasteiger partial charge is 0.489 e. The van der Waals surface area contributed by atoms with E-state index < -0.39 is 5.97 Å². The van der Waals surface area contributed by atoms with Crippen molar-refractivity contribution in [1.82, 2.24) is 15.2 Å². The summed E-state index contributed by atoms with van der Waals surface area (Å²) in [5, 5.41) is 17.6. The van der Waals surface area contributed by atoms with Gasteiger partial charge in [0, 0.05) is 6.42 Å². The number of aryl methyl sites for hydroxylation is 1. The number of aromatic amines is 1. The van der Waals surface area contributed by atoms with E-state index in [0.717, 1.165) is 22.9 Å². The smallest absolute Gasteiger partial charge is 0.342 e. The number of halogens is 2. The molecule has 0 aliphatic carbocycles. The van der Waals surface area contributed by atoms with E-state index in [0.29, 0.717) is 39.8 Å². The zero-order chi connectivity index (χ0) is 20.8. The Morgan fingerprint density at radius 3 is 2.59 bits per heavy atom. The van der Waals surface area contributed by atoms with Gasteiger partial charge in [-0.3, -0.25) is 5.10 Å². The molecule has 6 nitrogen and oxygen atoms in total. The molecule has 150 valence electrons. The molecule has 0 amide bonds. The topological polar surface area (TPSA) is 88.1 Å². The maximum atomic E-state index is 11.6. The van der Waals surface area contributed by atoms with Gasteiger partial charge in [-0.15, -0.1) is 5.10 Å². The van der Waals surface area contributed by atoms with Gasteiger partial charge in [0.25, 0.3) is 0 Å². The summed E-state index contributed by atoms with van der Waals surface area (Å²) in [6.07, 6.45) is 2.26. The fourth-order valence-corrected chi connectivity index (χ4v) is 3.37. The number of carboxylic acid groups (broad SMARTS) is 1.